The van der Waals surface area contributed by atoms with Gasteiger partial charge in [-0.25, -0.2) is 0 Å². The molecule has 21 heavy (non-hydrogen) atoms. The molecule has 0 aliphatic heterocycles. The van der Waals surface area contributed by atoms with Gasteiger partial charge in [-0.15, -0.1) is 0 Å². The Balaban J connectivity index is 2.13. The highest BCUT2D eigenvalue weighted by Gasteiger charge is 2.10. The Morgan fingerprint density at radius 3 is 2.48 bits per heavy atom. The molecule has 0 saturated heterocycles. The Labute approximate surface area is 129 Å². The van der Waals surface area contributed by atoms with E-state index < -0.39 is 10.8 Å². The summed E-state index contributed by atoms with van der Waals surface area (Å²) >= 11 is 0. The summed E-state index contributed by atoms with van der Waals surface area (Å²) < 4.78 is 16.6. The molecule has 0 spiro atoms. The number of methoxy groups -OCH3 is 1. The topological polar surface area (TPSA) is 38.3 Å². The van der Waals surface area contributed by atoms with Crippen molar-refractivity contribution in [2.45, 2.75) is 25.1 Å². The van der Waals surface area contributed by atoms with Crippen molar-refractivity contribution in [2.24, 2.45) is 0 Å². The largest absolute Gasteiger partial charge is 0.497 e. The lowest BCUT2D eigenvalue weighted by Crippen LogP contribution is -2.29. The zero-order valence-electron chi connectivity index (χ0n) is 13.1. The molecule has 4 heteroatoms. The monoisotopic (exact) mass is 305 g/mol. The van der Waals surface area contributed by atoms with Gasteiger partial charge in [-0.05, 0) is 48.4 Å². The molecule has 0 bridgehead atoms. The highest BCUT2D eigenvalue weighted by atomic mass is 32.2. The lowest BCUT2D eigenvalue weighted by Gasteiger charge is -2.17. The number of rotatable bonds is 6. The van der Waals surface area contributed by atoms with Gasteiger partial charge in [0.05, 0.1) is 7.11 Å². The molecule has 3 nitrogen and oxygen atoms in total. The SMILES string of the molecule is COc1ccc2cc(C(C)NCC(C)S(C)=O)ccc2c1. The number of fused-ring (bicyclic) bond motifs is 1. The fourth-order valence-corrected chi connectivity index (χ4v) is 2.55. The van der Waals surface area contributed by atoms with Gasteiger partial charge in [0, 0.05) is 34.9 Å². The third-order valence-corrected chi connectivity index (χ3v) is 5.15. The Bertz CT molecular complexity index is 642. The maximum Gasteiger partial charge on any atom is 0.119 e. The molecule has 0 heterocycles. The minimum atomic E-state index is -0.786. The summed E-state index contributed by atoms with van der Waals surface area (Å²) in [5.41, 5.74) is 1.24. The van der Waals surface area contributed by atoms with E-state index in [0.717, 1.165) is 12.3 Å². The Hall–Kier alpha value is -1.39. The van der Waals surface area contributed by atoms with Gasteiger partial charge in [0.15, 0.2) is 0 Å². The molecule has 0 aliphatic carbocycles. The van der Waals surface area contributed by atoms with Crippen LogP contribution in [0, 0.1) is 0 Å². The summed E-state index contributed by atoms with van der Waals surface area (Å²) in [6.45, 7) is 4.89. The van der Waals surface area contributed by atoms with Crippen LogP contribution in [0.4, 0.5) is 0 Å². The Kier molecular flexibility index (Phi) is 5.37. The zero-order valence-corrected chi connectivity index (χ0v) is 13.9. The maximum absolute atomic E-state index is 11.4. The second kappa shape index (κ2) is 7.05. The van der Waals surface area contributed by atoms with Crippen molar-refractivity contribution in [1.29, 1.82) is 0 Å². The number of ether oxygens (including phenoxy) is 1. The molecule has 0 saturated carbocycles. The minimum absolute atomic E-state index is 0.164. The molecule has 0 amide bonds. The highest BCUT2D eigenvalue weighted by molar-refractivity contribution is 7.84. The van der Waals surface area contributed by atoms with Crippen molar-refractivity contribution in [3.63, 3.8) is 0 Å². The van der Waals surface area contributed by atoms with Crippen LogP contribution in [0.25, 0.3) is 10.8 Å². The Morgan fingerprint density at radius 1 is 1.14 bits per heavy atom. The molecule has 2 aromatic carbocycles. The van der Waals surface area contributed by atoms with Crippen molar-refractivity contribution in [2.75, 3.05) is 19.9 Å². The summed E-state index contributed by atoms with van der Waals surface area (Å²) in [6, 6.07) is 12.8. The van der Waals surface area contributed by atoms with E-state index in [2.05, 4.69) is 36.5 Å². The minimum Gasteiger partial charge on any atom is -0.497 e. The molecule has 2 aromatic rings. The first kappa shape index (κ1) is 16.0. The molecule has 114 valence electrons. The first-order valence-corrected chi connectivity index (χ1v) is 8.76. The lowest BCUT2D eigenvalue weighted by molar-refractivity contribution is 0.415. The van der Waals surface area contributed by atoms with Crippen molar-refractivity contribution < 1.29 is 8.95 Å². The van der Waals surface area contributed by atoms with Gasteiger partial charge < -0.3 is 10.1 Å². The summed E-state index contributed by atoms with van der Waals surface area (Å²) in [6.07, 6.45) is 1.75. The highest BCUT2D eigenvalue weighted by Crippen LogP contribution is 2.24. The molecular weight excluding hydrogens is 282 g/mol. The van der Waals surface area contributed by atoms with E-state index in [9.17, 15) is 4.21 Å². The molecular formula is C17H23NO2S. The fraction of sp³-hybridized carbons (Fsp3) is 0.412. The van der Waals surface area contributed by atoms with E-state index in [1.165, 1.54) is 16.3 Å². The quantitative estimate of drug-likeness (QED) is 0.890. The van der Waals surface area contributed by atoms with Crippen LogP contribution in [0.2, 0.25) is 0 Å². The van der Waals surface area contributed by atoms with Crippen molar-refractivity contribution in [3.8, 4) is 5.75 Å². The third-order valence-electron chi connectivity index (χ3n) is 3.85. The molecule has 0 fully saturated rings. The summed E-state index contributed by atoms with van der Waals surface area (Å²) in [4.78, 5) is 0. The molecule has 3 unspecified atom stereocenters. The number of benzene rings is 2. The smallest absolute Gasteiger partial charge is 0.119 e. The van der Waals surface area contributed by atoms with Crippen LogP contribution >= 0.6 is 0 Å². The van der Waals surface area contributed by atoms with Gasteiger partial charge in [0.2, 0.25) is 0 Å². The average molecular weight is 305 g/mol. The van der Waals surface area contributed by atoms with Crippen molar-refractivity contribution >= 4 is 21.6 Å². The van der Waals surface area contributed by atoms with Crippen LogP contribution in [0.3, 0.4) is 0 Å². The van der Waals surface area contributed by atoms with Gasteiger partial charge in [0.25, 0.3) is 0 Å². The molecule has 1 N–H and O–H groups in total. The first-order valence-electron chi connectivity index (χ1n) is 7.14. The van der Waals surface area contributed by atoms with Crippen LogP contribution in [0.5, 0.6) is 5.75 Å². The molecule has 0 aliphatic rings. The van der Waals surface area contributed by atoms with Gasteiger partial charge in [0.1, 0.15) is 5.75 Å². The van der Waals surface area contributed by atoms with E-state index >= 15 is 0 Å². The van der Waals surface area contributed by atoms with E-state index in [0.29, 0.717) is 0 Å². The summed E-state index contributed by atoms with van der Waals surface area (Å²) in [5.74, 6) is 0.876. The van der Waals surface area contributed by atoms with E-state index in [1.807, 2.05) is 19.1 Å². The van der Waals surface area contributed by atoms with E-state index in [1.54, 1.807) is 13.4 Å². The van der Waals surface area contributed by atoms with Crippen LogP contribution in [0.1, 0.15) is 25.5 Å². The summed E-state index contributed by atoms with van der Waals surface area (Å²) in [5, 5.41) is 5.99. The maximum atomic E-state index is 11.4. The van der Waals surface area contributed by atoms with E-state index in [-0.39, 0.29) is 11.3 Å². The fourth-order valence-electron chi connectivity index (χ4n) is 2.22. The van der Waals surface area contributed by atoms with E-state index in [4.69, 9.17) is 4.74 Å². The van der Waals surface area contributed by atoms with Gasteiger partial charge >= 0.3 is 0 Å². The number of hydrogen-bond donors (Lipinski definition) is 1. The second-order valence-corrected chi connectivity index (χ2v) is 7.21. The van der Waals surface area contributed by atoms with Gasteiger partial charge in [-0.3, -0.25) is 4.21 Å². The number of hydrogen-bond acceptors (Lipinski definition) is 3. The standard InChI is InChI=1S/C17H23NO2S/c1-12(21(4)19)11-18-13(2)14-5-6-16-10-17(20-3)8-7-15(16)9-14/h5-10,12-13,18H,11H2,1-4H3. The average Bonchev–Trinajstić information content (AvgIpc) is 2.50. The second-order valence-electron chi connectivity index (χ2n) is 5.41. The molecule has 0 radical (unpaired) electrons. The number of nitrogens with one attached hydrogen (secondary N) is 1. The summed E-state index contributed by atoms with van der Waals surface area (Å²) in [7, 11) is 0.895. The molecule has 3 atom stereocenters. The van der Waals surface area contributed by atoms with Crippen LogP contribution < -0.4 is 10.1 Å². The Morgan fingerprint density at radius 2 is 1.81 bits per heavy atom. The lowest BCUT2D eigenvalue weighted by atomic mass is 10.0. The van der Waals surface area contributed by atoms with Crippen LogP contribution in [0.15, 0.2) is 36.4 Å². The van der Waals surface area contributed by atoms with Crippen molar-refractivity contribution in [1.82, 2.24) is 5.32 Å². The third kappa shape index (κ3) is 4.05. The van der Waals surface area contributed by atoms with Crippen molar-refractivity contribution in [3.05, 3.63) is 42.0 Å². The van der Waals surface area contributed by atoms with Crippen LogP contribution in [-0.2, 0) is 10.8 Å². The molecule has 0 aromatic heterocycles. The van der Waals surface area contributed by atoms with Gasteiger partial charge in [-0.1, -0.05) is 18.2 Å². The van der Waals surface area contributed by atoms with Crippen LogP contribution in [-0.4, -0.2) is 29.4 Å². The van der Waals surface area contributed by atoms with Gasteiger partial charge in [-0.2, -0.15) is 0 Å². The predicted molar refractivity (Wildman–Crippen MR) is 90.4 cm³/mol. The normalized spacial score (nSPS) is 15.6. The first-order chi connectivity index (χ1) is 10.0. The predicted octanol–water partition coefficient (Wildman–Crippen LogP) is 3.27. The molecule has 2 rings (SSSR count). The zero-order chi connectivity index (χ0) is 15.4.